The number of allylic oxidation sites excluding steroid dienone is 2. The Morgan fingerprint density at radius 1 is 1.47 bits per heavy atom. The van der Waals surface area contributed by atoms with Crippen molar-refractivity contribution in [1.82, 2.24) is 0 Å². The van der Waals surface area contributed by atoms with Crippen LogP contribution in [-0.4, -0.2) is 5.78 Å². The third kappa shape index (κ3) is 3.84. The van der Waals surface area contributed by atoms with Crippen LogP contribution < -0.4 is 0 Å². The van der Waals surface area contributed by atoms with Gasteiger partial charge in [0.2, 0.25) is 0 Å². The third-order valence-corrected chi connectivity index (χ3v) is 2.12. The lowest BCUT2D eigenvalue weighted by Crippen LogP contribution is -1.99. The summed E-state index contributed by atoms with van der Waals surface area (Å²) in [4.78, 5) is 11.4. The van der Waals surface area contributed by atoms with Crippen LogP contribution in [0.5, 0.6) is 0 Å². The summed E-state index contributed by atoms with van der Waals surface area (Å²) in [7, 11) is 0. The Balaban J connectivity index is 2.78. The number of halogens is 2. The third-order valence-electron chi connectivity index (χ3n) is 1.81. The normalized spacial score (nSPS) is 9.87. The van der Waals surface area contributed by atoms with E-state index in [4.69, 9.17) is 11.6 Å². The molecule has 0 heterocycles. The van der Waals surface area contributed by atoms with Gasteiger partial charge in [-0.15, -0.1) is 0 Å². The monoisotopic (exact) mass is 226 g/mol. The maximum absolute atomic E-state index is 13.0. The van der Waals surface area contributed by atoms with Crippen LogP contribution in [0.3, 0.4) is 0 Å². The van der Waals surface area contributed by atoms with Gasteiger partial charge in [0.1, 0.15) is 5.82 Å². The molecule has 0 unspecified atom stereocenters. The van der Waals surface area contributed by atoms with Crippen molar-refractivity contribution in [3.8, 4) is 0 Å². The minimum absolute atomic E-state index is 0.0308. The summed E-state index contributed by atoms with van der Waals surface area (Å²) in [5.74, 6) is -0.518. The second-order valence-electron chi connectivity index (χ2n) is 3.61. The topological polar surface area (TPSA) is 17.1 Å². The predicted molar refractivity (Wildman–Crippen MR) is 59.6 cm³/mol. The van der Waals surface area contributed by atoms with Crippen molar-refractivity contribution in [3.05, 3.63) is 46.3 Å². The number of carbonyl (C=O) groups is 1. The summed E-state index contributed by atoms with van der Waals surface area (Å²) in [6, 6.07) is 4.41. The zero-order valence-electron chi connectivity index (χ0n) is 8.68. The molecule has 0 spiro atoms. The number of hydrogen-bond acceptors (Lipinski definition) is 1. The van der Waals surface area contributed by atoms with E-state index in [0.29, 0.717) is 5.56 Å². The molecule has 0 amide bonds. The second-order valence-corrected chi connectivity index (χ2v) is 4.02. The summed E-state index contributed by atoms with van der Waals surface area (Å²) >= 11 is 5.53. The average molecular weight is 227 g/mol. The Morgan fingerprint density at radius 2 is 2.13 bits per heavy atom. The van der Waals surface area contributed by atoms with Crippen LogP contribution in [0.1, 0.15) is 19.4 Å². The lowest BCUT2D eigenvalue weighted by molar-refractivity contribution is -0.114. The number of benzene rings is 1. The maximum Gasteiger partial charge on any atom is 0.159 e. The number of hydrogen-bond donors (Lipinski definition) is 0. The summed E-state index contributed by atoms with van der Waals surface area (Å²) in [6.07, 6.45) is 1.76. The van der Waals surface area contributed by atoms with E-state index in [0.717, 1.165) is 5.57 Å². The van der Waals surface area contributed by atoms with Gasteiger partial charge >= 0.3 is 0 Å². The Bertz CT molecular complexity index is 406. The van der Waals surface area contributed by atoms with E-state index in [1.807, 2.05) is 13.8 Å². The van der Waals surface area contributed by atoms with E-state index in [2.05, 4.69) is 0 Å². The van der Waals surface area contributed by atoms with E-state index in [9.17, 15) is 9.18 Å². The number of ketones is 1. The molecule has 1 rings (SSSR count). The van der Waals surface area contributed by atoms with Crippen LogP contribution in [0, 0.1) is 5.82 Å². The highest BCUT2D eigenvalue weighted by Crippen LogP contribution is 2.16. The van der Waals surface area contributed by atoms with Gasteiger partial charge < -0.3 is 0 Å². The van der Waals surface area contributed by atoms with Crippen LogP contribution in [0.2, 0.25) is 5.02 Å². The van der Waals surface area contributed by atoms with Gasteiger partial charge in [0.15, 0.2) is 5.78 Å². The molecule has 3 heteroatoms. The molecule has 0 saturated carbocycles. The van der Waals surface area contributed by atoms with Crippen molar-refractivity contribution in [2.24, 2.45) is 0 Å². The molecule has 0 radical (unpaired) electrons. The first-order chi connectivity index (χ1) is 6.99. The van der Waals surface area contributed by atoms with Crippen molar-refractivity contribution in [2.75, 3.05) is 0 Å². The molecule has 0 aromatic heterocycles. The van der Waals surface area contributed by atoms with Crippen molar-refractivity contribution < 1.29 is 9.18 Å². The van der Waals surface area contributed by atoms with Crippen molar-refractivity contribution in [1.29, 1.82) is 0 Å². The number of carbonyl (C=O) groups excluding carboxylic acids is 1. The molecule has 0 N–H and O–H groups in total. The van der Waals surface area contributed by atoms with E-state index in [-0.39, 0.29) is 17.2 Å². The Hall–Kier alpha value is -1.15. The molecular formula is C12H12ClFO. The summed E-state index contributed by atoms with van der Waals surface area (Å²) in [5.41, 5.74) is 1.58. The van der Waals surface area contributed by atoms with Gasteiger partial charge in [-0.2, -0.15) is 0 Å². The van der Waals surface area contributed by atoms with Gasteiger partial charge in [-0.3, -0.25) is 4.79 Å². The first-order valence-corrected chi connectivity index (χ1v) is 4.98. The van der Waals surface area contributed by atoms with Crippen LogP contribution in [0.25, 0.3) is 0 Å². The van der Waals surface area contributed by atoms with Gasteiger partial charge in [0.25, 0.3) is 0 Å². The fraction of sp³-hybridized carbons (Fsp3) is 0.250. The van der Waals surface area contributed by atoms with Gasteiger partial charge in [-0.25, -0.2) is 4.39 Å². The first kappa shape index (κ1) is 11.9. The Morgan fingerprint density at radius 3 is 2.67 bits per heavy atom. The zero-order valence-corrected chi connectivity index (χ0v) is 9.44. The Kier molecular flexibility index (Phi) is 4.04. The van der Waals surface area contributed by atoms with Gasteiger partial charge in [-0.05, 0) is 37.6 Å². The summed E-state index contributed by atoms with van der Waals surface area (Å²) in [6.45, 7) is 3.70. The molecule has 0 saturated heterocycles. The minimum Gasteiger partial charge on any atom is -0.294 e. The molecule has 80 valence electrons. The lowest BCUT2D eigenvalue weighted by Gasteiger charge is -2.00. The fourth-order valence-corrected chi connectivity index (χ4v) is 1.34. The molecular weight excluding hydrogens is 215 g/mol. The largest absolute Gasteiger partial charge is 0.294 e. The SMILES string of the molecule is CC(C)=CC(=O)Cc1ccc(Cl)c(F)c1. The molecule has 0 fully saturated rings. The van der Waals surface area contributed by atoms with E-state index >= 15 is 0 Å². The smallest absolute Gasteiger partial charge is 0.159 e. The van der Waals surface area contributed by atoms with Crippen LogP contribution in [0.4, 0.5) is 4.39 Å². The summed E-state index contributed by atoms with van der Waals surface area (Å²) in [5, 5.41) is 0.0772. The first-order valence-electron chi connectivity index (χ1n) is 4.60. The van der Waals surface area contributed by atoms with Gasteiger partial charge in [0, 0.05) is 6.42 Å². The van der Waals surface area contributed by atoms with Crippen LogP contribution >= 0.6 is 11.6 Å². The molecule has 0 aliphatic rings. The minimum atomic E-state index is -0.487. The van der Waals surface area contributed by atoms with E-state index in [1.54, 1.807) is 12.1 Å². The quantitative estimate of drug-likeness (QED) is 0.721. The highest BCUT2D eigenvalue weighted by Gasteiger charge is 2.04. The molecule has 15 heavy (non-hydrogen) atoms. The van der Waals surface area contributed by atoms with Crippen molar-refractivity contribution in [3.63, 3.8) is 0 Å². The van der Waals surface area contributed by atoms with E-state index < -0.39 is 5.82 Å². The highest BCUT2D eigenvalue weighted by atomic mass is 35.5. The molecule has 1 aromatic rings. The fourth-order valence-electron chi connectivity index (χ4n) is 1.22. The zero-order chi connectivity index (χ0) is 11.4. The molecule has 0 aliphatic heterocycles. The van der Waals surface area contributed by atoms with E-state index in [1.165, 1.54) is 12.1 Å². The molecule has 0 atom stereocenters. The molecule has 1 aromatic carbocycles. The van der Waals surface area contributed by atoms with Crippen LogP contribution in [0.15, 0.2) is 29.8 Å². The molecule has 1 nitrogen and oxygen atoms in total. The number of rotatable bonds is 3. The molecule has 0 aliphatic carbocycles. The van der Waals surface area contributed by atoms with Gasteiger partial charge in [-0.1, -0.05) is 23.2 Å². The standard InChI is InChI=1S/C12H12ClFO/c1-8(2)5-10(15)6-9-3-4-11(13)12(14)7-9/h3-5,7H,6H2,1-2H3. The van der Waals surface area contributed by atoms with Crippen molar-refractivity contribution in [2.45, 2.75) is 20.3 Å². The maximum atomic E-state index is 13.0. The average Bonchev–Trinajstić information content (AvgIpc) is 2.10. The predicted octanol–water partition coefficient (Wildman–Crippen LogP) is 3.56. The second kappa shape index (κ2) is 5.08. The van der Waals surface area contributed by atoms with Gasteiger partial charge in [0.05, 0.1) is 5.02 Å². The van der Waals surface area contributed by atoms with Crippen molar-refractivity contribution >= 4 is 17.4 Å². The van der Waals surface area contributed by atoms with Crippen LogP contribution in [-0.2, 0) is 11.2 Å². The highest BCUT2D eigenvalue weighted by molar-refractivity contribution is 6.30. The Labute approximate surface area is 93.6 Å². The lowest BCUT2D eigenvalue weighted by atomic mass is 10.1. The summed E-state index contributed by atoms with van der Waals surface area (Å²) < 4.78 is 13.0. The molecule has 0 bridgehead atoms.